The van der Waals surface area contributed by atoms with Crippen molar-refractivity contribution in [3.8, 4) is 27.7 Å². The van der Waals surface area contributed by atoms with Gasteiger partial charge in [0, 0.05) is 16.6 Å². The maximum atomic E-state index is 13.6. The van der Waals surface area contributed by atoms with Crippen molar-refractivity contribution in [1.82, 2.24) is 4.90 Å². The Labute approximate surface area is 237 Å². The Hall–Kier alpha value is -3.30. The van der Waals surface area contributed by atoms with Crippen LogP contribution in [0.1, 0.15) is 31.2 Å². The Kier molecular flexibility index (Phi) is 9.44. The summed E-state index contributed by atoms with van der Waals surface area (Å²) in [5, 5.41) is 10.9. The number of likely N-dealkylation sites (tertiary alicyclic amines) is 1. The van der Waals surface area contributed by atoms with E-state index in [2.05, 4.69) is 17.0 Å². The van der Waals surface area contributed by atoms with E-state index in [0.29, 0.717) is 31.5 Å². The number of carbonyl (C=O) groups excluding carboxylic acids is 1. The van der Waals surface area contributed by atoms with Crippen molar-refractivity contribution < 1.29 is 28.5 Å². The maximum Gasteiger partial charge on any atom is 0.155 e. The molecule has 0 aliphatic carbocycles. The summed E-state index contributed by atoms with van der Waals surface area (Å²) < 4.78 is 31.8. The third-order valence-corrected chi connectivity index (χ3v) is 8.31. The quantitative estimate of drug-likeness (QED) is 0.187. The van der Waals surface area contributed by atoms with E-state index in [9.17, 15) is 14.3 Å². The predicted octanol–water partition coefficient (Wildman–Crippen LogP) is 7.01. The van der Waals surface area contributed by atoms with Gasteiger partial charge in [0.2, 0.25) is 0 Å². The molecule has 0 unspecified atom stereocenters. The lowest BCUT2D eigenvalue weighted by Gasteiger charge is -2.32. The van der Waals surface area contributed by atoms with E-state index in [1.165, 1.54) is 36.0 Å². The molecule has 0 bridgehead atoms. The number of aromatic hydroxyl groups is 1. The number of nitrogens with zero attached hydrogens (tertiary/aromatic N) is 1. The molecule has 1 saturated heterocycles. The summed E-state index contributed by atoms with van der Waals surface area (Å²) in [5.74, 6) is 1.89. The fraction of sp³-hybridized carbons (Fsp3) is 0.344. The largest absolute Gasteiger partial charge is 0.508 e. The van der Waals surface area contributed by atoms with Crippen molar-refractivity contribution in [3.05, 3.63) is 78.1 Å². The first-order valence-electron chi connectivity index (χ1n) is 13.6. The number of ether oxygens (including phenoxy) is 3. The van der Waals surface area contributed by atoms with Crippen molar-refractivity contribution in [1.29, 1.82) is 0 Å². The van der Waals surface area contributed by atoms with Crippen LogP contribution in [0.25, 0.3) is 20.5 Å². The molecule has 0 amide bonds. The minimum atomic E-state index is -0.285. The van der Waals surface area contributed by atoms with E-state index in [4.69, 9.17) is 14.2 Å². The Morgan fingerprint density at radius 1 is 0.975 bits per heavy atom. The number of phenolic OH excluding ortho intramolecular Hbond substituents is 1. The molecule has 210 valence electrons. The van der Waals surface area contributed by atoms with E-state index in [0.717, 1.165) is 58.8 Å². The lowest BCUT2D eigenvalue weighted by atomic mass is 9.89. The molecule has 0 atom stereocenters. The molecule has 1 aromatic heterocycles. The normalized spacial score (nSPS) is 14.6. The van der Waals surface area contributed by atoms with Crippen LogP contribution in [0.15, 0.2) is 66.7 Å². The van der Waals surface area contributed by atoms with E-state index >= 15 is 0 Å². The molecular weight excluding hydrogens is 529 g/mol. The average Bonchev–Trinajstić information content (AvgIpc) is 3.30. The lowest BCUT2D eigenvalue weighted by molar-refractivity contribution is -0.122. The van der Waals surface area contributed by atoms with Gasteiger partial charge in [0.15, 0.2) is 11.5 Å². The number of ketones is 1. The monoisotopic (exact) mass is 563 g/mol. The second-order valence-electron chi connectivity index (χ2n) is 10.1. The van der Waals surface area contributed by atoms with Crippen LogP contribution in [-0.2, 0) is 14.3 Å². The number of phenols is 1. The minimum Gasteiger partial charge on any atom is -0.508 e. The van der Waals surface area contributed by atoms with E-state index in [-0.39, 0.29) is 24.0 Å². The highest BCUT2D eigenvalue weighted by atomic mass is 32.1. The number of thiophene rings is 1. The molecule has 0 radical (unpaired) electrons. The summed E-state index contributed by atoms with van der Waals surface area (Å²) in [5.41, 5.74) is 2.18. The lowest BCUT2D eigenvalue weighted by Crippen LogP contribution is -2.35. The van der Waals surface area contributed by atoms with Gasteiger partial charge in [-0.1, -0.05) is 24.3 Å². The molecule has 1 aliphatic heterocycles. The van der Waals surface area contributed by atoms with Crippen LogP contribution >= 0.6 is 11.3 Å². The van der Waals surface area contributed by atoms with Gasteiger partial charge in [0.1, 0.15) is 23.9 Å². The number of halogens is 1. The third-order valence-electron chi connectivity index (χ3n) is 7.12. The van der Waals surface area contributed by atoms with Crippen molar-refractivity contribution in [3.63, 3.8) is 0 Å². The van der Waals surface area contributed by atoms with Gasteiger partial charge in [-0.05, 0) is 92.4 Å². The van der Waals surface area contributed by atoms with E-state index in [1.54, 1.807) is 24.3 Å². The summed E-state index contributed by atoms with van der Waals surface area (Å²) >= 11 is 1.51. The number of Topliss-reactive ketones (excluding diaryl/α,β-unsaturated/α-hetero) is 1. The van der Waals surface area contributed by atoms with Crippen LogP contribution in [0.5, 0.6) is 17.2 Å². The summed E-state index contributed by atoms with van der Waals surface area (Å²) in [6.45, 7) is 6.24. The molecule has 0 spiro atoms. The van der Waals surface area contributed by atoms with Gasteiger partial charge >= 0.3 is 0 Å². The Bertz CT molecular complexity index is 1410. The van der Waals surface area contributed by atoms with Crippen LogP contribution in [-0.4, -0.2) is 61.9 Å². The zero-order valence-corrected chi connectivity index (χ0v) is 23.4. The van der Waals surface area contributed by atoms with Crippen LogP contribution in [0.2, 0.25) is 0 Å². The first kappa shape index (κ1) is 28.2. The fourth-order valence-electron chi connectivity index (χ4n) is 5.00. The van der Waals surface area contributed by atoms with Crippen LogP contribution in [0.4, 0.5) is 4.39 Å². The van der Waals surface area contributed by atoms with Crippen molar-refractivity contribution in [2.24, 2.45) is 0 Å². The summed E-state index contributed by atoms with van der Waals surface area (Å²) in [4.78, 5) is 14.2. The maximum absolute atomic E-state index is 13.6. The van der Waals surface area contributed by atoms with Crippen LogP contribution < -0.4 is 4.74 Å². The average molecular weight is 564 g/mol. The van der Waals surface area contributed by atoms with Crippen LogP contribution in [0, 0.1) is 5.82 Å². The number of benzene rings is 3. The summed E-state index contributed by atoms with van der Waals surface area (Å²) in [6.07, 6.45) is 2.19. The molecular formula is C32H34FNO5S. The van der Waals surface area contributed by atoms with Gasteiger partial charge in [-0.3, -0.25) is 4.79 Å². The number of piperidine rings is 1. The van der Waals surface area contributed by atoms with E-state index in [1.807, 2.05) is 18.2 Å². The molecule has 3 aromatic carbocycles. The SMILES string of the molecule is CC(=O)COCCOCCN1CCC(c2ccc(Oc3c(-c4ccc(F)cc4)sc4cc(O)ccc34)cc2)CC1. The standard InChI is InChI=1S/C32H34FNO5S/c1-22(35)21-38-19-18-37-17-16-34-14-12-24(13-15-34)23-4-9-28(10-5-23)39-31-29-11-8-27(36)20-30(29)40-32(31)25-2-6-26(33)7-3-25/h2-11,20,24,36H,12-19,21H2,1H3. The van der Waals surface area contributed by atoms with Gasteiger partial charge < -0.3 is 24.2 Å². The van der Waals surface area contributed by atoms with Crippen molar-refractivity contribution >= 4 is 27.2 Å². The van der Waals surface area contributed by atoms with Gasteiger partial charge in [-0.2, -0.15) is 0 Å². The van der Waals surface area contributed by atoms with Gasteiger partial charge in [-0.15, -0.1) is 11.3 Å². The highest BCUT2D eigenvalue weighted by molar-refractivity contribution is 7.22. The van der Waals surface area contributed by atoms with Gasteiger partial charge in [0.25, 0.3) is 0 Å². The fourth-order valence-corrected chi connectivity index (χ4v) is 6.17. The second kappa shape index (κ2) is 13.4. The predicted molar refractivity (Wildman–Crippen MR) is 156 cm³/mol. The number of hydrogen-bond donors (Lipinski definition) is 1. The Morgan fingerprint density at radius 3 is 2.42 bits per heavy atom. The van der Waals surface area contributed by atoms with Gasteiger partial charge in [-0.25, -0.2) is 4.39 Å². The molecule has 1 fully saturated rings. The highest BCUT2D eigenvalue weighted by Gasteiger charge is 2.21. The summed E-state index contributed by atoms with van der Waals surface area (Å²) in [7, 11) is 0. The van der Waals surface area contributed by atoms with Crippen molar-refractivity contribution in [2.45, 2.75) is 25.7 Å². The third kappa shape index (κ3) is 7.26. The zero-order valence-electron chi connectivity index (χ0n) is 22.6. The second-order valence-corrected chi connectivity index (χ2v) is 11.2. The molecule has 8 heteroatoms. The molecule has 40 heavy (non-hydrogen) atoms. The minimum absolute atomic E-state index is 0.0269. The van der Waals surface area contributed by atoms with Gasteiger partial charge in [0.05, 0.1) is 24.7 Å². The zero-order chi connectivity index (χ0) is 27.9. The number of hydrogen-bond acceptors (Lipinski definition) is 7. The molecule has 6 nitrogen and oxygen atoms in total. The highest BCUT2D eigenvalue weighted by Crippen LogP contribution is 2.47. The first-order chi connectivity index (χ1) is 19.5. The summed E-state index contributed by atoms with van der Waals surface area (Å²) in [6, 6.07) is 20.0. The Morgan fingerprint density at radius 2 is 1.70 bits per heavy atom. The number of carbonyl (C=O) groups is 1. The molecule has 1 aliphatic rings. The topological polar surface area (TPSA) is 68.2 Å². The van der Waals surface area contributed by atoms with Crippen LogP contribution in [0.3, 0.4) is 0 Å². The number of fused-ring (bicyclic) bond motifs is 1. The molecule has 2 heterocycles. The molecule has 4 aromatic rings. The Balaban J connectivity index is 1.17. The van der Waals surface area contributed by atoms with E-state index < -0.39 is 0 Å². The smallest absolute Gasteiger partial charge is 0.155 e. The molecule has 1 N–H and O–H groups in total. The first-order valence-corrected chi connectivity index (χ1v) is 14.4. The molecule has 0 saturated carbocycles. The molecule has 5 rings (SSSR count). The number of rotatable bonds is 12. The van der Waals surface area contributed by atoms with Crippen molar-refractivity contribution in [2.75, 3.05) is 46.1 Å².